The molecule has 39 heavy (non-hydrogen) atoms. The number of aryl methyl sites for hydroxylation is 1. The van der Waals surface area contributed by atoms with Crippen molar-refractivity contribution < 1.29 is 19.4 Å². The number of carboxylic acids is 1. The molecule has 0 bridgehead atoms. The molecule has 3 heterocycles. The van der Waals surface area contributed by atoms with E-state index in [9.17, 15) is 19.5 Å². The van der Waals surface area contributed by atoms with Gasteiger partial charge in [-0.2, -0.15) is 0 Å². The number of halogens is 1. The van der Waals surface area contributed by atoms with E-state index in [0.717, 1.165) is 11.1 Å². The van der Waals surface area contributed by atoms with Crippen LogP contribution in [0.1, 0.15) is 55.4 Å². The van der Waals surface area contributed by atoms with E-state index in [1.54, 1.807) is 40.0 Å². The van der Waals surface area contributed by atoms with Crippen LogP contribution in [0.2, 0.25) is 5.15 Å². The van der Waals surface area contributed by atoms with Crippen molar-refractivity contribution in [1.82, 2.24) is 14.5 Å². The topological polar surface area (TPSA) is 127 Å². The minimum absolute atomic E-state index is 0.0649. The monoisotopic (exact) mass is 553 g/mol. The number of hydrogen-bond acceptors (Lipinski definition) is 8. The minimum Gasteiger partial charge on any atom is -0.481 e. The van der Waals surface area contributed by atoms with Gasteiger partial charge >= 0.3 is 11.9 Å². The van der Waals surface area contributed by atoms with Gasteiger partial charge in [0.1, 0.15) is 10.8 Å². The number of carboxylic acid groups (broad SMARTS) is 1. The van der Waals surface area contributed by atoms with E-state index in [0.29, 0.717) is 35.6 Å². The summed E-state index contributed by atoms with van der Waals surface area (Å²) in [4.78, 5) is 49.0. The maximum absolute atomic E-state index is 13.5. The van der Waals surface area contributed by atoms with Gasteiger partial charge < -0.3 is 20.1 Å². The number of fused-ring (bicyclic) bond motifs is 2. The van der Waals surface area contributed by atoms with E-state index < -0.39 is 17.5 Å². The number of anilines is 2. The van der Waals surface area contributed by atoms with E-state index in [2.05, 4.69) is 10.3 Å². The third-order valence-electron chi connectivity index (χ3n) is 7.38. The predicted octanol–water partition coefficient (Wildman–Crippen LogP) is 4.19. The summed E-state index contributed by atoms with van der Waals surface area (Å²) in [6.45, 7) is 10.3. The lowest BCUT2D eigenvalue weighted by Crippen LogP contribution is -2.33. The number of ether oxygens (including phenoxy) is 1. The zero-order valence-corrected chi connectivity index (χ0v) is 23.5. The number of hydrogen-bond donors (Lipinski definition) is 2. The molecule has 1 saturated carbocycles. The molecule has 2 N–H and O–H groups in total. The first kappa shape index (κ1) is 26.9. The second-order valence-corrected chi connectivity index (χ2v) is 11.9. The van der Waals surface area contributed by atoms with Gasteiger partial charge in [-0.05, 0) is 70.2 Å². The van der Waals surface area contributed by atoms with E-state index >= 15 is 0 Å². The summed E-state index contributed by atoms with van der Waals surface area (Å²) in [6, 6.07) is 6.69. The fraction of sp³-hybridized carbons (Fsp3) is 0.464. The maximum atomic E-state index is 13.5. The normalized spacial score (nSPS) is 21.0. The summed E-state index contributed by atoms with van der Waals surface area (Å²) in [7, 11) is 1.69. The van der Waals surface area contributed by atoms with Crippen molar-refractivity contribution in [3.8, 4) is 0 Å². The van der Waals surface area contributed by atoms with Gasteiger partial charge in [0.05, 0.1) is 28.6 Å². The summed E-state index contributed by atoms with van der Waals surface area (Å²) in [5.74, 6) is -0.994. The molecule has 11 heteroatoms. The first-order chi connectivity index (χ1) is 18.2. The fourth-order valence-electron chi connectivity index (χ4n) is 5.55. The predicted molar refractivity (Wildman–Crippen MR) is 148 cm³/mol. The van der Waals surface area contributed by atoms with E-state index in [1.807, 2.05) is 30.9 Å². The van der Waals surface area contributed by atoms with Crippen molar-refractivity contribution in [3.63, 3.8) is 0 Å². The van der Waals surface area contributed by atoms with Crippen molar-refractivity contribution in [2.24, 2.45) is 24.8 Å². The Kier molecular flexibility index (Phi) is 6.57. The highest BCUT2D eigenvalue weighted by Gasteiger charge is 2.60. The van der Waals surface area contributed by atoms with Crippen LogP contribution >= 0.6 is 11.6 Å². The molecule has 2 unspecified atom stereocenters. The Hall–Kier alpha value is -3.66. The van der Waals surface area contributed by atoms with Gasteiger partial charge in [0.15, 0.2) is 5.69 Å². The molecule has 1 aliphatic carbocycles. The van der Waals surface area contributed by atoms with Crippen LogP contribution in [0.4, 0.5) is 11.6 Å². The largest absolute Gasteiger partial charge is 0.481 e. The number of aromatic nitrogens is 3. The number of piperidine rings is 1. The van der Waals surface area contributed by atoms with Gasteiger partial charge in [-0.3, -0.25) is 14.2 Å². The maximum Gasteiger partial charge on any atom is 0.359 e. The molecule has 3 aromatic rings. The first-order valence-electron chi connectivity index (χ1n) is 12.9. The van der Waals surface area contributed by atoms with E-state index in [4.69, 9.17) is 21.3 Å². The van der Waals surface area contributed by atoms with Crippen LogP contribution < -0.4 is 15.8 Å². The summed E-state index contributed by atoms with van der Waals surface area (Å²) in [6.07, 6.45) is 0. The van der Waals surface area contributed by atoms with Crippen LogP contribution in [-0.4, -0.2) is 50.3 Å². The fourth-order valence-corrected chi connectivity index (χ4v) is 5.70. The molecule has 1 aliphatic heterocycles. The molecule has 2 fully saturated rings. The van der Waals surface area contributed by atoms with Crippen molar-refractivity contribution in [2.45, 2.75) is 46.3 Å². The molecule has 0 amide bonds. The Labute approximate surface area is 231 Å². The summed E-state index contributed by atoms with van der Waals surface area (Å²) < 4.78 is 7.07. The number of carbonyl (C=O) groups is 2. The molecule has 2 aromatic heterocycles. The molecule has 5 rings (SSSR count). The molecule has 1 aromatic carbocycles. The lowest BCUT2D eigenvalue weighted by molar-refractivity contribution is -0.139. The Morgan fingerprint density at radius 1 is 1.18 bits per heavy atom. The number of benzene rings is 1. The first-order valence-corrected chi connectivity index (χ1v) is 13.3. The quantitative estimate of drug-likeness (QED) is 0.341. The number of pyridine rings is 1. The zero-order valence-electron chi connectivity index (χ0n) is 22.8. The van der Waals surface area contributed by atoms with Gasteiger partial charge in [0.25, 0.3) is 5.56 Å². The van der Waals surface area contributed by atoms with Crippen LogP contribution in [0.3, 0.4) is 0 Å². The van der Waals surface area contributed by atoms with Crippen LogP contribution in [0, 0.1) is 24.7 Å². The Bertz CT molecular complexity index is 1550. The number of aliphatic carboxylic acids is 1. The number of nitrogens with zero attached hydrogens (tertiary/aromatic N) is 4. The molecule has 0 spiro atoms. The van der Waals surface area contributed by atoms with Gasteiger partial charge in [0.2, 0.25) is 5.95 Å². The van der Waals surface area contributed by atoms with Crippen LogP contribution in [0.5, 0.6) is 0 Å². The van der Waals surface area contributed by atoms with Gasteiger partial charge in [-0.1, -0.05) is 17.7 Å². The number of esters is 1. The summed E-state index contributed by atoms with van der Waals surface area (Å²) >= 11 is 6.11. The lowest BCUT2D eigenvalue weighted by Gasteiger charge is -2.25. The Morgan fingerprint density at radius 3 is 2.46 bits per heavy atom. The Morgan fingerprint density at radius 2 is 1.85 bits per heavy atom. The van der Waals surface area contributed by atoms with Crippen molar-refractivity contribution in [1.29, 1.82) is 0 Å². The molecule has 0 radical (unpaired) electrons. The van der Waals surface area contributed by atoms with Gasteiger partial charge in [-0.25, -0.2) is 14.8 Å². The highest BCUT2D eigenvalue weighted by Crippen LogP contribution is 2.52. The SMILES string of the molecule is Cc1cc(C(C)Nc2ccc(Cl)nc2C(=O)OC(C)(C)C)c2nc(N3C[C@@H]4C(C(=O)O)[C@@H]4C3)n(C)c(=O)c2c1. The third kappa shape index (κ3) is 5.05. The van der Waals surface area contributed by atoms with Crippen molar-refractivity contribution >= 4 is 46.1 Å². The highest BCUT2D eigenvalue weighted by molar-refractivity contribution is 6.29. The molecule has 10 nitrogen and oxygen atoms in total. The van der Waals surface area contributed by atoms with Crippen LogP contribution in [-0.2, 0) is 16.6 Å². The zero-order chi connectivity index (χ0) is 28.4. The highest BCUT2D eigenvalue weighted by atomic mass is 35.5. The van der Waals surface area contributed by atoms with Crippen molar-refractivity contribution in [2.75, 3.05) is 23.3 Å². The summed E-state index contributed by atoms with van der Waals surface area (Å²) in [5, 5.41) is 13.4. The second kappa shape index (κ2) is 9.51. The third-order valence-corrected chi connectivity index (χ3v) is 7.60. The Balaban J connectivity index is 1.51. The van der Waals surface area contributed by atoms with Crippen molar-refractivity contribution in [3.05, 3.63) is 56.6 Å². The van der Waals surface area contributed by atoms with Crippen LogP contribution in [0.15, 0.2) is 29.1 Å². The van der Waals surface area contributed by atoms with E-state index in [1.165, 1.54) is 4.57 Å². The van der Waals surface area contributed by atoms with Crippen LogP contribution in [0.25, 0.3) is 10.9 Å². The number of carbonyl (C=O) groups excluding carboxylic acids is 1. The molecule has 206 valence electrons. The average Bonchev–Trinajstić information content (AvgIpc) is 3.36. The molecule has 1 saturated heterocycles. The van der Waals surface area contributed by atoms with Gasteiger partial charge in [0, 0.05) is 25.7 Å². The number of rotatable bonds is 6. The number of nitrogens with one attached hydrogen (secondary N) is 1. The minimum atomic E-state index is -0.759. The standard InChI is InChI=1S/C28H32ClN5O5/c1-13-9-15(14(2)30-19-7-8-20(29)31-23(19)26(38)39-28(3,4)5)22-16(10-13)24(35)33(6)27(32-22)34-11-17-18(12-34)21(17)25(36)37/h7-10,14,17-18,21,30H,11-12H2,1-6H3,(H,36,37)/t14?,17-,18+,21?. The van der Waals surface area contributed by atoms with E-state index in [-0.39, 0.29) is 40.2 Å². The smallest absolute Gasteiger partial charge is 0.359 e. The molecular weight excluding hydrogens is 522 g/mol. The second-order valence-electron chi connectivity index (χ2n) is 11.5. The average molecular weight is 554 g/mol. The lowest BCUT2D eigenvalue weighted by atomic mass is 10.0. The molecule has 2 aliphatic rings. The van der Waals surface area contributed by atoms with Gasteiger partial charge in [-0.15, -0.1) is 0 Å². The summed E-state index contributed by atoms with van der Waals surface area (Å²) in [5.41, 5.74) is 1.85. The molecule has 4 atom stereocenters. The molecular formula is C28H32ClN5O5.